The number of nitrogens with zero attached hydrogens (tertiary/aromatic N) is 2. The van der Waals surface area contributed by atoms with Crippen LogP contribution < -0.4 is 10.2 Å². The Bertz CT molecular complexity index is 1860. The number of rotatable bonds is 15. The molecule has 3 aromatic rings. The van der Waals surface area contributed by atoms with E-state index in [1.807, 2.05) is 80.6 Å². The van der Waals surface area contributed by atoms with E-state index >= 15 is 9.59 Å². The number of hydrogen-bond acceptors (Lipinski definition) is 7. The third kappa shape index (κ3) is 7.22. The van der Waals surface area contributed by atoms with Crippen molar-refractivity contribution in [3.05, 3.63) is 126 Å². The molecule has 6 rings (SSSR count). The van der Waals surface area contributed by atoms with Crippen molar-refractivity contribution in [1.82, 2.24) is 10.2 Å². The van der Waals surface area contributed by atoms with Gasteiger partial charge in [0.05, 0.1) is 37.1 Å². The van der Waals surface area contributed by atoms with Gasteiger partial charge < -0.3 is 29.7 Å². The number of alkyl halides is 1. The zero-order valence-electron chi connectivity index (χ0n) is 30.0. The van der Waals surface area contributed by atoms with Gasteiger partial charge in [0.1, 0.15) is 17.7 Å². The van der Waals surface area contributed by atoms with Crippen LogP contribution in [-0.4, -0.2) is 76.0 Å². The number of nitrogens with one attached hydrogen (secondary N) is 1. The molecule has 1 unspecified atom stereocenters. The van der Waals surface area contributed by atoms with Crippen molar-refractivity contribution in [3.8, 4) is 0 Å². The lowest BCUT2D eigenvalue weighted by molar-refractivity contribution is -0.160. The fourth-order valence-electron chi connectivity index (χ4n) is 8.22. The molecule has 2 bridgehead atoms. The van der Waals surface area contributed by atoms with E-state index in [0.29, 0.717) is 23.2 Å². The fourth-order valence-corrected chi connectivity index (χ4v) is 9.16. The lowest BCUT2D eigenvalue weighted by atomic mass is 9.70. The Morgan fingerprint density at radius 1 is 1.06 bits per heavy atom. The maximum absolute atomic E-state index is 15.2. The summed E-state index contributed by atoms with van der Waals surface area (Å²) in [7, 11) is 0. The SMILES string of the molecule is C=CCCC(=O)NC[C@H](OC(=O)[C@@H]1[C@H]2O[C@@]3(CC2Br)[C@H](C(=O)N(CC=C)c2cc(C)ccc2C)N([C@H](CO)c2ccccc2)C(=O)[C@@H]13)c1ccccc1. The smallest absolute Gasteiger partial charge is 0.313 e. The predicted molar refractivity (Wildman–Crippen MR) is 205 cm³/mol. The molecule has 3 heterocycles. The van der Waals surface area contributed by atoms with Crippen LogP contribution in [0.5, 0.6) is 0 Å². The molecule has 8 atom stereocenters. The summed E-state index contributed by atoms with van der Waals surface area (Å²) in [4.78, 5) is 60.1. The summed E-state index contributed by atoms with van der Waals surface area (Å²) >= 11 is 3.75. The number of carbonyl (C=O) groups is 4. The zero-order valence-corrected chi connectivity index (χ0v) is 31.6. The van der Waals surface area contributed by atoms with Crippen molar-refractivity contribution in [2.45, 2.75) is 67.8 Å². The van der Waals surface area contributed by atoms with Crippen molar-refractivity contribution in [1.29, 1.82) is 0 Å². The van der Waals surface area contributed by atoms with Crippen molar-refractivity contribution < 1.29 is 33.8 Å². The first-order valence-electron chi connectivity index (χ1n) is 18.0. The number of likely N-dealkylation sites (tertiary alicyclic amines) is 1. The predicted octanol–water partition coefficient (Wildman–Crippen LogP) is 5.67. The van der Waals surface area contributed by atoms with Crippen LogP contribution in [0, 0.1) is 25.7 Å². The third-order valence-corrected chi connectivity index (χ3v) is 11.5. The molecule has 0 saturated carbocycles. The van der Waals surface area contributed by atoms with E-state index in [4.69, 9.17) is 9.47 Å². The minimum absolute atomic E-state index is 0.0195. The summed E-state index contributed by atoms with van der Waals surface area (Å²) in [6, 6.07) is 21.9. The third-order valence-electron chi connectivity index (χ3n) is 10.6. The highest BCUT2D eigenvalue weighted by Crippen LogP contribution is 2.61. The first-order valence-corrected chi connectivity index (χ1v) is 18.9. The van der Waals surface area contributed by atoms with Crippen LogP contribution in [0.4, 0.5) is 5.69 Å². The molecular formula is C42H46BrN3O7. The first kappa shape index (κ1) is 38.2. The largest absolute Gasteiger partial charge is 0.455 e. The highest BCUT2D eigenvalue weighted by molar-refractivity contribution is 9.09. The molecule has 1 spiro atoms. The number of anilines is 1. The van der Waals surface area contributed by atoms with Gasteiger partial charge >= 0.3 is 5.97 Å². The van der Waals surface area contributed by atoms with Gasteiger partial charge in [-0.05, 0) is 55.0 Å². The van der Waals surface area contributed by atoms with E-state index in [0.717, 1.165) is 11.1 Å². The molecule has 3 fully saturated rings. The maximum atomic E-state index is 15.2. The van der Waals surface area contributed by atoms with E-state index in [1.54, 1.807) is 29.2 Å². The number of amides is 3. The van der Waals surface area contributed by atoms with Crippen LogP contribution >= 0.6 is 15.9 Å². The van der Waals surface area contributed by atoms with E-state index in [-0.39, 0.29) is 36.7 Å². The summed E-state index contributed by atoms with van der Waals surface area (Å²) in [5.41, 5.74) is 2.37. The molecule has 3 amide bonds. The van der Waals surface area contributed by atoms with Crippen molar-refractivity contribution >= 4 is 45.3 Å². The maximum Gasteiger partial charge on any atom is 0.313 e. The lowest BCUT2D eigenvalue weighted by Crippen LogP contribution is -2.57. The van der Waals surface area contributed by atoms with E-state index < -0.39 is 66.1 Å². The van der Waals surface area contributed by atoms with Gasteiger partial charge in [-0.3, -0.25) is 19.2 Å². The molecule has 2 N–H and O–H groups in total. The second kappa shape index (κ2) is 16.2. The summed E-state index contributed by atoms with van der Waals surface area (Å²) < 4.78 is 13.0. The molecule has 3 aliphatic heterocycles. The summed E-state index contributed by atoms with van der Waals surface area (Å²) in [6.07, 6.45) is 2.69. The van der Waals surface area contributed by atoms with Gasteiger partial charge in [0.2, 0.25) is 11.8 Å². The van der Waals surface area contributed by atoms with E-state index in [1.165, 1.54) is 4.90 Å². The van der Waals surface area contributed by atoms with Crippen LogP contribution in [0.1, 0.15) is 53.7 Å². The van der Waals surface area contributed by atoms with Crippen molar-refractivity contribution in [2.24, 2.45) is 11.8 Å². The topological polar surface area (TPSA) is 125 Å². The first-order chi connectivity index (χ1) is 25.6. The van der Waals surface area contributed by atoms with Gasteiger partial charge in [0.15, 0.2) is 0 Å². The van der Waals surface area contributed by atoms with Crippen molar-refractivity contribution in [2.75, 3.05) is 24.6 Å². The van der Waals surface area contributed by atoms with Gasteiger partial charge in [0, 0.05) is 23.5 Å². The molecule has 53 heavy (non-hydrogen) atoms. The second-order valence-corrected chi connectivity index (χ2v) is 15.2. The van der Waals surface area contributed by atoms with Crippen LogP contribution in [0.15, 0.2) is 104 Å². The molecule has 278 valence electrons. The zero-order chi connectivity index (χ0) is 37.9. The van der Waals surface area contributed by atoms with Gasteiger partial charge in [-0.2, -0.15) is 0 Å². The molecule has 10 nitrogen and oxygen atoms in total. The summed E-state index contributed by atoms with van der Waals surface area (Å²) in [5, 5.41) is 13.8. The summed E-state index contributed by atoms with van der Waals surface area (Å²) in [5.74, 6) is -3.90. The Morgan fingerprint density at radius 2 is 1.74 bits per heavy atom. The number of ether oxygens (including phenoxy) is 2. The number of benzene rings is 3. The number of aryl methyl sites for hydroxylation is 2. The average Bonchev–Trinajstić information content (AvgIpc) is 3.76. The summed E-state index contributed by atoms with van der Waals surface area (Å²) in [6.45, 7) is 11.2. The van der Waals surface area contributed by atoms with Crippen LogP contribution in [-0.2, 0) is 28.7 Å². The molecule has 0 aliphatic carbocycles. The molecule has 3 aromatic carbocycles. The number of carbonyl (C=O) groups excluding carboxylic acids is 4. The van der Waals surface area contributed by atoms with Crippen LogP contribution in [0.25, 0.3) is 0 Å². The molecule has 11 heteroatoms. The average molecular weight is 785 g/mol. The minimum Gasteiger partial charge on any atom is -0.455 e. The molecular weight excluding hydrogens is 738 g/mol. The van der Waals surface area contributed by atoms with Gasteiger partial charge in [-0.25, -0.2) is 0 Å². The fraction of sp³-hybridized carbons (Fsp3) is 0.381. The van der Waals surface area contributed by atoms with Crippen molar-refractivity contribution in [3.63, 3.8) is 0 Å². The van der Waals surface area contributed by atoms with Gasteiger partial charge in [0.25, 0.3) is 5.91 Å². The highest BCUT2D eigenvalue weighted by atomic mass is 79.9. The normalized spacial score (nSPS) is 25.3. The highest BCUT2D eigenvalue weighted by Gasteiger charge is 2.77. The van der Waals surface area contributed by atoms with E-state index in [2.05, 4.69) is 34.4 Å². The molecule has 3 saturated heterocycles. The lowest BCUT2D eigenvalue weighted by Gasteiger charge is -2.39. The Balaban J connectivity index is 1.41. The molecule has 0 aromatic heterocycles. The van der Waals surface area contributed by atoms with Gasteiger partial charge in [-0.1, -0.05) is 101 Å². The Kier molecular flexibility index (Phi) is 11.7. The number of hydrogen-bond donors (Lipinski definition) is 2. The minimum atomic E-state index is -1.42. The number of halogens is 1. The molecule has 3 aliphatic rings. The Hall–Kier alpha value is -4.58. The standard InChI is InChI=1S/C42H46BrN3O7/c1-5-7-18-34(48)44-24-33(29-16-12-9-13-17-29)52-41(51)35-36-39(49)46(32(25-47)28-14-10-8-11-15-28)38(42(36)23-30(43)37(35)53-42)40(50)45(21-6-2)31-22-26(3)19-20-27(31)4/h5-6,8-17,19-20,22,30,32-33,35-38,47H,1-2,7,18,21,23-25H2,3-4H3,(H,44,48)/t30?,32-,33+,35+,36-,37+,38+,42-/m1/s1. The number of allylic oxidation sites excluding steroid dienone is 1. The quantitative estimate of drug-likeness (QED) is 0.116. The Labute approximate surface area is 319 Å². The van der Waals surface area contributed by atoms with Gasteiger partial charge in [-0.15, -0.1) is 13.2 Å². The number of aliphatic hydroxyl groups excluding tert-OH is 1. The second-order valence-electron chi connectivity index (χ2n) is 14.0. The Morgan fingerprint density at radius 3 is 2.38 bits per heavy atom. The number of fused-ring (bicyclic) bond motifs is 1. The monoisotopic (exact) mass is 783 g/mol. The van der Waals surface area contributed by atoms with Crippen LogP contribution in [0.3, 0.4) is 0 Å². The van der Waals surface area contributed by atoms with E-state index in [9.17, 15) is 14.7 Å². The van der Waals surface area contributed by atoms with Crippen LogP contribution in [0.2, 0.25) is 0 Å². The molecule has 0 radical (unpaired) electrons. The number of esters is 1. The number of aliphatic hydroxyl groups is 1.